The number of carbonyl (C=O) groups is 1. The highest BCUT2D eigenvalue weighted by atomic mass is 35.5. The van der Waals surface area contributed by atoms with Crippen LogP contribution in [0.4, 0.5) is 10.1 Å². The number of carbonyl (C=O) groups excluding carboxylic acids is 1. The molecule has 3 rings (SSSR count). The van der Waals surface area contributed by atoms with Gasteiger partial charge in [0.05, 0.1) is 5.69 Å². The maximum atomic E-state index is 13.1. The summed E-state index contributed by atoms with van der Waals surface area (Å²) in [5.74, 6) is 0.782. The quantitative estimate of drug-likeness (QED) is 0.524. The Hall–Kier alpha value is -3.05. The summed E-state index contributed by atoms with van der Waals surface area (Å²) in [6, 6.07) is 19.7. The Labute approximate surface area is 167 Å². The summed E-state index contributed by atoms with van der Waals surface area (Å²) in [6.45, 7) is 1.83. The van der Waals surface area contributed by atoms with Crippen molar-refractivity contribution in [3.63, 3.8) is 0 Å². The van der Waals surface area contributed by atoms with E-state index in [1.54, 1.807) is 18.2 Å². The van der Waals surface area contributed by atoms with Gasteiger partial charge >= 0.3 is 0 Å². The van der Waals surface area contributed by atoms with Crippen LogP contribution in [0.25, 0.3) is 0 Å². The highest BCUT2D eigenvalue weighted by molar-refractivity contribution is 6.31. The molecule has 0 heterocycles. The molecule has 3 aromatic rings. The van der Waals surface area contributed by atoms with Gasteiger partial charge in [0.25, 0.3) is 5.91 Å². The number of rotatable bonds is 7. The van der Waals surface area contributed by atoms with E-state index in [1.807, 2.05) is 37.3 Å². The van der Waals surface area contributed by atoms with Crippen LogP contribution in [0.2, 0.25) is 5.02 Å². The number of hydrogen-bond acceptors (Lipinski definition) is 3. The Balaban J connectivity index is 1.76. The van der Waals surface area contributed by atoms with Gasteiger partial charge in [0.2, 0.25) is 0 Å². The lowest BCUT2D eigenvalue weighted by Crippen LogP contribution is -2.32. The van der Waals surface area contributed by atoms with Crippen LogP contribution in [-0.2, 0) is 4.79 Å². The molecule has 3 aromatic carbocycles. The van der Waals surface area contributed by atoms with Gasteiger partial charge in [-0.25, -0.2) is 4.39 Å². The predicted molar refractivity (Wildman–Crippen MR) is 108 cm³/mol. The van der Waals surface area contributed by atoms with Gasteiger partial charge in [-0.1, -0.05) is 36.7 Å². The monoisotopic (exact) mass is 399 g/mol. The normalized spacial score (nSPS) is 11.5. The second-order valence-corrected chi connectivity index (χ2v) is 6.45. The molecular formula is C22H19ClFNO3. The van der Waals surface area contributed by atoms with Crippen molar-refractivity contribution in [3.05, 3.63) is 83.6 Å². The zero-order valence-corrected chi connectivity index (χ0v) is 15.9. The van der Waals surface area contributed by atoms with Crippen LogP contribution < -0.4 is 14.8 Å². The Morgan fingerprint density at radius 2 is 1.75 bits per heavy atom. The zero-order valence-electron chi connectivity index (χ0n) is 15.2. The highest BCUT2D eigenvalue weighted by Gasteiger charge is 2.20. The van der Waals surface area contributed by atoms with Crippen LogP contribution in [-0.4, -0.2) is 12.0 Å². The van der Waals surface area contributed by atoms with E-state index in [0.29, 0.717) is 34.4 Å². The maximum absolute atomic E-state index is 13.1. The van der Waals surface area contributed by atoms with Gasteiger partial charge in [0.1, 0.15) is 17.3 Å². The highest BCUT2D eigenvalue weighted by Crippen LogP contribution is 2.32. The first-order chi connectivity index (χ1) is 13.5. The van der Waals surface area contributed by atoms with Crippen LogP contribution in [0.15, 0.2) is 72.8 Å². The number of amides is 1. The van der Waals surface area contributed by atoms with Crippen LogP contribution in [0.3, 0.4) is 0 Å². The largest absolute Gasteiger partial charge is 0.481 e. The molecule has 0 aliphatic carbocycles. The zero-order chi connectivity index (χ0) is 19.9. The number of nitrogens with one attached hydrogen (secondary N) is 1. The standard InChI is InChI=1S/C22H19ClFNO3/c1-2-20(27-18-11-9-16(24)10-12-18)22(26)25-19-14-15(23)8-13-21(19)28-17-6-4-3-5-7-17/h3-14,20H,2H2,1H3,(H,25,26). The van der Waals surface area contributed by atoms with Crippen LogP contribution in [0, 0.1) is 5.82 Å². The fourth-order valence-corrected chi connectivity index (χ4v) is 2.69. The van der Waals surface area contributed by atoms with Gasteiger partial charge in [-0.05, 0) is 61.0 Å². The van der Waals surface area contributed by atoms with E-state index in [2.05, 4.69) is 5.32 Å². The van der Waals surface area contributed by atoms with Crippen molar-refractivity contribution in [3.8, 4) is 17.2 Å². The van der Waals surface area contributed by atoms with E-state index in [9.17, 15) is 9.18 Å². The first-order valence-corrected chi connectivity index (χ1v) is 9.18. The molecule has 4 nitrogen and oxygen atoms in total. The molecular weight excluding hydrogens is 381 g/mol. The number of benzene rings is 3. The SMILES string of the molecule is CCC(Oc1ccc(F)cc1)C(=O)Nc1cc(Cl)ccc1Oc1ccccc1. The molecule has 1 amide bonds. The van der Waals surface area contributed by atoms with Crippen LogP contribution >= 0.6 is 11.6 Å². The van der Waals surface area contributed by atoms with E-state index >= 15 is 0 Å². The molecule has 0 aliphatic heterocycles. The van der Waals surface area contributed by atoms with Crippen molar-refractivity contribution in [1.82, 2.24) is 0 Å². The summed E-state index contributed by atoms with van der Waals surface area (Å²) in [4.78, 5) is 12.7. The molecule has 0 spiro atoms. The second-order valence-electron chi connectivity index (χ2n) is 6.01. The summed E-state index contributed by atoms with van der Waals surface area (Å²) in [6.07, 6.45) is -0.326. The van der Waals surface area contributed by atoms with E-state index in [0.717, 1.165) is 0 Å². The summed E-state index contributed by atoms with van der Waals surface area (Å²) < 4.78 is 24.6. The molecule has 0 saturated carbocycles. The maximum Gasteiger partial charge on any atom is 0.265 e. The van der Waals surface area contributed by atoms with Crippen LogP contribution in [0.5, 0.6) is 17.2 Å². The smallest absolute Gasteiger partial charge is 0.265 e. The molecule has 1 atom stereocenters. The molecule has 0 bridgehead atoms. The van der Waals surface area contributed by atoms with E-state index < -0.39 is 6.10 Å². The molecule has 0 saturated heterocycles. The average molecular weight is 400 g/mol. The summed E-state index contributed by atoms with van der Waals surface area (Å²) in [5, 5.41) is 3.27. The molecule has 6 heteroatoms. The van der Waals surface area contributed by atoms with Gasteiger partial charge < -0.3 is 14.8 Å². The second kappa shape index (κ2) is 9.24. The lowest BCUT2D eigenvalue weighted by atomic mass is 10.2. The van der Waals surface area contributed by atoms with E-state index in [1.165, 1.54) is 24.3 Å². The van der Waals surface area contributed by atoms with Gasteiger partial charge in [-0.15, -0.1) is 0 Å². The third kappa shape index (κ3) is 5.24. The van der Waals surface area contributed by atoms with Crippen molar-refractivity contribution in [2.24, 2.45) is 0 Å². The summed E-state index contributed by atoms with van der Waals surface area (Å²) in [5.41, 5.74) is 0.433. The minimum atomic E-state index is -0.756. The molecule has 1 unspecified atom stereocenters. The first kappa shape index (κ1) is 19.7. The van der Waals surface area contributed by atoms with Crippen molar-refractivity contribution in [1.29, 1.82) is 0 Å². The lowest BCUT2D eigenvalue weighted by Gasteiger charge is -2.19. The number of hydrogen-bond donors (Lipinski definition) is 1. The molecule has 0 radical (unpaired) electrons. The molecule has 0 fully saturated rings. The Morgan fingerprint density at radius 3 is 2.43 bits per heavy atom. The van der Waals surface area contributed by atoms with E-state index in [-0.39, 0.29) is 11.7 Å². The van der Waals surface area contributed by atoms with Gasteiger partial charge in [0, 0.05) is 5.02 Å². The number of halogens is 2. The molecule has 144 valence electrons. The van der Waals surface area contributed by atoms with E-state index in [4.69, 9.17) is 21.1 Å². The van der Waals surface area contributed by atoms with Crippen molar-refractivity contribution < 1.29 is 18.7 Å². The number of para-hydroxylation sites is 1. The molecule has 28 heavy (non-hydrogen) atoms. The van der Waals surface area contributed by atoms with Crippen molar-refractivity contribution in [2.45, 2.75) is 19.4 Å². The molecule has 1 N–H and O–H groups in total. The average Bonchev–Trinajstić information content (AvgIpc) is 2.70. The third-order valence-electron chi connectivity index (χ3n) is 3.93. The minimum absolute atomic E-state index is 0.355. The predicted octanol–water partition coefficient (Wildman–Crippen LogP) is 6.07. The van der Waals surface area contributed by atoms with Crippen LogP contribution in [0.1, 0.15) is 13.3 Å². The van der Waals surface area contributed by atoms with Crippen molar-refractivity contribution in [2.75, 3.05) is 5.32 Å². The summed E-state index contributed by atoms with van der Waals surface area (Å²) >= 11 is 6.09. The minimum Gasteiger partial charge on any atom is -0.481 e. The Kier molecular flexibility index (Phi) is 6.50. The van der Waals surface area contributed by atoms with Gasteiger partial charge in [-0.2, -0.15) is 0 Å². The van der Waals surface area contributed by atoms with Gasteiger partial charge in [-0.3, -0.25) is 4.79 Å². The number of ether oxygens (including phenoxy) is 2. The Bertz CT molecular complexity index is 932. The molecule has 0 aromatic heterocycles. The topological polar surface area (TPSA) is 47.6 Å². The fourth-order valence-electron chi connectivity index (χ4n) is 2.52. The lowest BCUT2D eigenvalue weighted by molar-refractivity contribution is -0.122. The first-order valence-electron chi connectivity index (χ1n) is 8.80. The molecule has 0 aliphatic rings. The van der Waals surface area contributed by atoms with Gasteiger partial charge in [0.15, 0.2) is 11.9 Å². The fraction of sp³-hybridized carbons (Fsp3) is 0.136. The van der Waals surface area contributed by atoms with Crippen molar-refractivity contribution >= 4 is 23.2 Å². The third-order valence-corrected chi connectivity index (χ3v) is 4.16. The summed E-state index contributed by atoms with van der Waals surface area (Å²) in [7, 11) is 0. The Morgan fingerprint density at radius 1 is 1.04 bits per heavy atom. The number of anilines is 1.